The average molecular weight is 655 g/mol. The van der Waals surface area contributed by atoms with Crippen LogP contribution in [0.3, 0.4) is 0 Å². The van der Waals surface area contributed by atoms with Gasteiger partial charge in [-0.25, -0.2) is 13.4 Å². The monoisotopic (exact) mass is 654 g/mol. The lowest BCUT2D eigenvalue weighted by Crippen LogP contribution is -2.52. The molecule has 11 nitrogen and oxygen atoms in total. The van der Waals surface area contributed by atoms with Gasteiger partial charge in [-0.2, -0.15) is 4.98 Å². The molecule has 0 saturated carbocycles. The first-order valence-corrected chi connectivity index (χ1v) is 17.9. The summed E-state index contributed by atoms with van der Waals surface area (Å²) in [7, 11) is 0.451. The molecule has 1 aromatic heterocycles. The molecule has 45 heavy (non-hydrogen) atoms. The van der Waals surface area contributed by atoms with Crippen molar-refractivity contribution in [3.05, 3.63) is 52.7 Å². The number of fused-ring (bicyclic) bond motifs is 1. The summed E-state index contributed by atoms with van der Waals surface area (Å²) in [4.78, 5) is 16.7. The van der Waals surface area contributed by atoms with Crippen molar-refractivity contribution in [1.29, 1.82) is 0 Å². The molecule has 0 aliphatic carbocycles. The van der Waals surface area contributed by atoms with Gasteiger partial charge in [0.15, 0.2) is 5.82 Å². The molecule has 6 rings (SSSR count). The van der Waals surface area contributed by atoms with E-state index in [9.17, 15) is 8.42 Å². The number of benzene rings is 2. The fraction of sp³-hybridized carbons (Fsp3) is 0.500. The maximum atomic E-state index is 12.5. The van der Waals surface area contributed by atoms with Crippen molar-refractivity contribution in [3.63, 3.8) is 0 Å². The summed E-state index contributed by atoms with van der Waals surface area (Å²) < 4.78 is 32.2. The van der Waals surface area contributed by atoms with E-state index in [1.807, 2.05) is 18.2 Å². The van der Waals surface area contributed by atoms with Crippen LogP contribution in [0.1, 0.15) is 30.9 Å². The Hall–Kier alpha value is -3.32. The lowest BCUT2D eigenvalue weighted by molar-refractivity contribution is 0.0982. The second kappa shape index (κ2) is 13.2. The smallest absolute Gasteiger partial charge is 0.232 e. The molecule has 2 aromatic carbocycles. The number of aryl methyl sites for hydroxylation is 1. The number of nitrogens with zero attached hydrogens (tertiary/aromatic N) is 6. The summed E-state index contributed by atoms with van der Waals surface area (Å²) in [5, 5.41) is 6.92. The molecule has 0 radical (unpaired) electrons. The van der Waals surface area contributed by atoms with Crippen LogP contribution in [-0.2, 0) is 22.9 Å². The number of nitrogens with one attached hydrogen (secondary N) is 2. The summed E-state index contributed by atoms with van der Waals surface area (Å²) in [5.74, 6) is 1.43. The second-order valence-corrected chi connectivity index (χ2v) is 14.4. The first kappa shape index (κ1) is 31.7. The third-order valence-electron chi connectivity index (χ3n) is 9.24. The molecule has 2 fully saturated rings. The third-order valence-corrected chi connectivity index (χ3v) is 10.7. The van der Waals surface area contributed by atoms with Crippen LogP contribution >= 0.6 is 11.6 Å². The highest BCUT2D eigenvalue weighted by molar-refractivity contribution is 7.92. The van der Waals surface area contributed by atoms with Crippen LogP contribution in [0.5, 0.6) is 5.75 Å². The van der Waals surface area contributed by atoms with Gasteiger partial charge in [-0.1, -0.05) is 30.7 Å². The minimum atomic E-state index is -3.43. The van der Waals surface area contributed by atoms with Gasteiger partial charge in [0, 0.05) is 63.6 Å². The van der Waals surface area contributed by atoms with E-state index in [1.165, 1.54) is 28.0 Å². The van der Waals surface area contributed by atoms with E-state index in [0.717, 1.165) is 69.8 Å². The first-order valence-electron chi connectivity index (χ1n) is 15.7. The van der Waals surface area contributed by atoms with Gasteiger partial charge >= 0.3 is 0 Å². The van der Waals surface area contributed by atoms with Crippen molar-refractivity contribution in [1.82, 2.24) is 19.8 Å². The van der Waals surface area contributed by atoms with Crippen LogP contribution in [0.15, 0.2) is 36.5 Å². The molecule has 13 heteroatoms. The van der Waals surface area contributed by atoms with E-state index < -0.39 is 10.0 Å². The number of piperidine rings is 1. The van der Waals surface area contributed by atoms with Crippen molar-refractivity contribution in [3.8, 4) is 5.75 Å². The minimum Gasteiger partial charge on any atom is -0.494 e. The van der Waals surface area contributed by atoms with Crippen molar-refractivity contribution >= 4 is 56.1 Å². The van der Waals surface area contributed by atoms with Gasteiger partial charge in [0.1, 0.15) is 10.8 Å². The van der Waals surface area contributed by atoms with E-state index >= 15 is 0 Å². The number of hydrogen-bond acceptors (Lipinski definition) is 10. The predicted octanol–water partition coefficient (Wildman–Crippen LogP) is 4.73. The lowest BCUT2D eigenvalue weighted by atomic mass is 9.99. The summed E-state index contributed by atoms with van der Waals surface area (Å²) in [6.45, 7) is 9.24. The number of sulfonamides is 1. The summed E-state index contributed by atoms with van der Waals surface area (Å²) in [5.41, 5.74) is 5.40. The molecule has 3 aliphatic heterocycles. The Kier molecular flexibility index (Phi) is 9.28. The Morgan fingerprint density at radius 2 is 1.78 bits per heavy atom. The highest BCUT2D eigenvalue weighted by Gasteiger charge is 2.30. The summed E-state index contributed by atoms with van der Waals surface area (Å²) in [6.07, 6.45) is 6.59. The molecule has 2 N–H and O–H groups in total. The zero-order valence-electron chi connectivity index (χ0n) is 26.5. The molecule has 4 heterocycles. The molecular weight excluding hydrogens is 612 g/mol. The Labute approximate surface area is 271 Å². The number of aromatic nitrogens is 2. The van der Waals surface area contributed by atoms with Gasteiger partial charge in [-0.15, -0.1) is 0 Å². The zero-order valence-corrected chi connectivity index (χ0v) is 28.1. The average Bonchev–Trinajstić information content (AvgIpc) is 3.49. The van der Waals surface area contributed by atoms with Crippen LogP contribution in [0.25, 0.3) is 0 Å². The Balaban J connectivity index is 1.20. The number of anilines is 6. The number of para-hydroxylation sites is 1. The Morgan fingerprint density at radius 1 is 1.02 bits per heavy atom. The Bertz CT molecular complexity index is 1640. The van der Waals surface area contributed by atoms with Crippen molar-refractivity contribution in [2.24, 2.45) is 0 Å². The number of ether oxygens (including phenoxy) is 1. The normalized spacial score (nSPS) is 18.2. The fourth-order valence-corrected chi connectivity index (χ4v) is 7.84. The van der Waals surface area contributed by atoms with Crippen LogP contribution in [0.2, 0.25) is 5.02 Å². The van der Waals surface area contributed by atoms with E-state index in [4.69, 9.17) is 16.3 Å². The number of rotatable bonds is 9. The number of hydrogen-bond donors (Lipinski definition) is 2. The van der Waals surface area contributed by atoms with E-state index in [2.05, 4.69) is 61.4 Å². The van der Waals surface area contributed by atoms with Gasteiger partial charge in [0.05, 0.1) is 36.6 Å². The van der Waals surface area contributed by atoms with Crippen molar-refractivity contribution < 1.29 is 13.2 Å². The number of methoxy groups -OCH3 is 1. The minimum absolute atomic E-state index is 0.318. The summed E-state index contributed by atoms with van der Waals surface area (Å²) >= 11 is 6.52. The number of piperazine rings is 1. The van der Waals surface area contributed by atoms with Crippen LogP contribution in [0, 0.1) is 0 Å². The molecule has 0 bridgehead atoms. The molecular formula is C32H43ClN8O3S. The van der Waals surface area contributed by atoms with Gasteiger partial charge in [-0.05, 0) is 56.0 Å². The van der Waals surface area contributed by atoms with Crippen LogP contribution in [0.4, 0.5) is 34.5 Å². The fourth-order valence-electron chi connectivity index (χ4n) is 6.73. The molecule has 0 amide bonds. The molecule has 0 atom stereocenters. The van der Waals surface area contributed by atoms with E-state index in [0.29, 0.717) is 52.9 Å². The molecule has 242 valence electrons. The zero-order chi connectivity index (χ0) is 31.7. The van der Waals surface area contributed by atoms with Crippen LogP contribution in [-0.4, -0.2) is 100 Å². The van der Waals surface area contributed by atoms with E-state index in [1.54, 1.807) is 7.11 Å². The molecule has 0 unspecified atom stereocenters. The first-order chi connectivity index (χ1) is 21.6. The maximum Gasteiger partial charge on any atom is 0.232 e. The predicted molar refractivity (Wildman–Crippen MR) is 183 cm³/mol. The molecule has 3 aliphatic rings. The Morgan fingerprint density at radius 3 is 2.47 bits per heavy atom. The molecule has 0 spiro atoms. The van der Waals surface area contributed by atoms with Gasteiger partial charge in [0.2, 0.25) is 16.0 Å². The molecule has 2 saturated heterocycles. The highest BCUT2D eigenvalue weighted by Crippen LogP contribution is 2.40. The SMILES string of the molecule is CCc1cc(Nc2ncc(Cl)c(Nc3cccc4c3N(S(C)(=O)=O)CC4)n2)c(OC)cc1N1CCC(N2CCN(C)CC2)CC1. The van der Waals surface area contributed by atoms with Crippen molar-refractivity contribution in [2.45, 2.75) is 38.6 Å². The highest BCUT2D eigenvalue weighted by atomic mass is 35.5. The number of halogens is 1. The maximum absolute atomic E-state index is 12.5. The molecule has 3 aromatic rings. The van der Waals surface area contributed by atoms with Crippen LogP contribution < -0.4 is 24.6 Å². The largest absolute Gasteiger partial charge is 0.494 e. The van der Waals surface area contributed by atoms with Gasteiger partial charge in [-0.3, -0.25) is 9.21 Å². The number of likely N-dealkylation sites (N-methyl/N-ethyl adjacent to an activating group) is 1. The lowest BCUT2D eigenvalue weighted by Gasteiger charge is -2.43. The second-order valence-electron chi connectivity index (χ2n) is 12.1. The van der Waals surface area contributed by atoms with Gasteiger partial charge < -0.3 is 25.2 Å². The quantitative estimate of drug-likeness (QED) is 0.337. The standard InChI is InChI=1S/C32H43ClN8O3S/c1-5-22-19-27(29(44-3)20-28(22)40-12-10-24(11-13-40)39-17-15-38(2)16-18-39)36-32-34-21-25(33)31(37-32)35-26-8-6-7-23-9-14-41(30(23)26)45(4,42)43/h6-8,19-21,24H,5,9-18H2,1-4H3,(H2,34,35,36,37). The third kappa shape index (κ3) is 6.79. The topological polar surface area (TPSA) is 106 Å². The van der Waals surface area contributed by atoms with Gasteiger partial charge in [0.25, 0.3) is 0 Å². The summed E-state index contributed by atoms with van der Waals surface area (Å²) in [6, 6.07) is 10.6. The van der Waals surface area contributed by atoms with Crippen molar-refractivity contribution in [2.75, 3.05) is 86.1 Å². The van der Waals surface area contributed by atoms with E-state index in [-0.39, 0.29) is 0 Å².